The normalized spacial score (nSPS) is 13.1. The highest BCUT2D eigenvalue weighted by atomic mass is 35.5. The minimum absolute atomic E-state index is 0.129. The lowest BCUT2D eigenvalue weighted by Gasteiger charge is -2.14. The molecule has 0 aromatic heterocycles. The Kier molecular flexibility index (Phi) is 4.98. The minimum Gasteiger partial charge on any atom is -0.212 e. The van der Waals surface area contributed by atoms with Crippen molar-refractivity contribution in [2.24, 2.45) is 0 Å². The minimum atomic E-state index is -3.49. The van der Waals surface area contributed by atoms with Crippen LogP contribution in [-0.2, 0) is 15.8 Å². The molecule has 0 saturated carbocycles. The van der Waals surface area contributed by atoms with Gasteiger partial charge in [0, 0.05) is 11.1 Å². The van der Waals surface area contributed by atoms with Crippen molar-refractivity contribution in [2.45, 2.75) is 18.7 Å². The van der Waals surface area contributed by atoms with Crippen molar-refractivity contribution in [3.05, 3.63) is 70.5 Å². The fourth-order valence-electron chi connectivity index (χ4n) is 1.93. The van der Waals surface area contributed by atoms with Crippen molar-refractivity contribution < 1.29 is 12.8 Å². The summed E-state index contributed by atoms with van der Waals surface area (Å²) >= 11 is 5.76. The van der Waals surface area contributed by atoms with Gasteiger partial charge < -0.3 is 0 Å². The Balaban J connectivity index is 2.06. The van der Waals surface area contributed by atoms with E-state index in [0.29, 0.717) is 16.1 Å². The van der Waals surface area contributed by atoms with Gasteiger partial charge in [-0.2, -0.15) is 0 Å². The van der Waals surface area contributed by atoms with Crippen LogP contribution in [0.15, 0.2) is 48.5 Å². The van der Waals surface area contributed by atoms with Crippen LogP contribution in [0.25, 0.3) is 0 Å². The van der Waals surface area contributed by atoms with Crippen LogP contribution in [0.1, 0.15) is 24.1 Å². The first-order valence-corrected chi connectivity index (χ1v) is 8.39. The number of hydrogen-bond donors (Lipinski definition) is 1. The van der Waals surface area contributed by atoms with Crippen molar-refractivity contribution >= 4 is 21.6 Å². The second-order valence-corrected chi connectivity index (χ2v) is 6.97. The van der Waals surface area contributed by atoms with E-state index < -0.39 is 16.1 Å². The van der Waals surface area contributed by atoms with E-state index >= 15 is 0 Å². The lowest BCUT2D eigenvalue weighted by Crippen LogP contribution is -2.28. The number of sulfonamides is 1. The van der Waals surface area contributed by atoms with Crippen LogP contribution in [-0.4, -0.2) is 8.42 Å². The Morgan fingerprint density at radius 2 is 1.67 bits per heavy atom. The second kappa shape index (κ2) is 6.56. The Hall–Kier alpha value is -1.43. The lowest BCUT2D eigenvalue weighted by molar-refractivity contribution is 0.565. The summed E-state index contributed by atoms with van der Waals surface area (Å²) < 4.78 is 39.7. The first-order valence-electron chi connectivity index (χ1n) is 6.36. The molecule has 0 amide bonds. The molecule has 112 valence electrons. The SMILES string of the molecule is C[C@H](NS(=O)(=O)Cc1ccc(Cl)cc1)c1ccc(F)cc1. The van der Waals surface area contributed by atoms with Gasteiger partial charge in [0.15, 0.2) is 0 Å². The monoisotopic (exact) mass is 327 g/mol. The summed E-state index contributed by atoms with van der Waals surface area (Å²) in [7, 11) is -3.49. The number of rotatable bonds is 5. The Labute approximate surface area is 128 Å². The van der Waals surface area contributed by atoms with Gasteiger partial charge in [0.05, 0.1) is 5.75 Å². The maximum Gasteiger partial charge on any atom is 0.216 e. The Morgan fingerprint density at radius 3 is 2.24 bits per heavy atom. The molecule has 0 bridgehead atoms. The zero-order valence-electron chi connectivity index (χ0n) is 11.4. The molecule has 0 fully saturated rings. The molecule has 2 aromatic rings. The maximum absolute atomic E-state index is 12.9. The quantitative estimate of drug-likeness (QED) is 0.911. The molecule has 0 aliphatic rings. The van der Waals surface area contributed by atoms with E-state index in [0.717, 1.165) is 0 Å². The van der Waals surface area contributed by atoms with Crippen LogP contribution < -0.4 is 4.72 Å². The molecule has 0 unspecified atom stereocenters. The van der Waals surface area contributed by atoms with Gasteiger partial charge >= 0.3 is 0 Å². The zero-order valence-corrected chi connectivity index (χ0v) is 13.0. The lowest BCUT2D eigenvalue weighted by atomic mass is 10.1. The molecule has 2 aromatic carbocycles. The van der Waals surface area contributed by atoms with Crippen molar-refractivity contribution in [1.82, 2.24) is 4.72 Å². The molecule has 0 aliphatic carbocycles. The molecule has 0 heterocycles. The molecule has 6 heteroatoms. The Bertz CT molecular complexity index is 699. The van der Waals surface area contributed by atoms with Crippen molar-refractivity contribution in [1.29, 1.82) is 0 Å². The average molecular weight is 328 g/mol. The van der Waals surface area contributed by atoms with Crippen molar-refractivity contribution in [3.8, 4) is 0 Å². The van der Waals surface area contributed by atoms with Crippen molar-refractivity contribution in [3.63, 3.8) is 0 Å². The highest BCUT2D eigenvalue weighted by Crippen LogP contribution is 2.16. The summed E-state index contributed by atoms with van der Waals surface area (Å²) in [5.41, 5.74) is 1.36. The van der Waals surface area contributed by atoms with Gasteiger partial charge in [-0.1, -0.05) is 35.9 Å². The van der Waals surface area contributed by atoms with Crippen molar-refractivity contribution in [2.75, 3.05) is 0 Å². The van der Waals surface area contributed by atoms with E-state index in [2.05, 4.69) is 4.72 Å². The fraction of sp³-hybridized carbons (Fsp3) is 0.200. The van der Waals surface area contributed by atoms with Gasteiger partial charge in [-0.25, -0.2) is 17.5 Å². The van der Waals surface area contributed by atoms with Gasteiger partial charge in [-0.15, -0.1) is 0 Å². The number of hydrogen-bond acceptors (Lipinski definition) is 2. The third-order valence-corrected chi connectivity index (χ3v) is 4.67. The van der Waals surface area contributed by atoms with Gasteiger partial charge in [0.25, 0.3) is 0 Å². The van der Waals surface area contributed by atoms with Crippen LogP contribution in [0, 0.1) is 5.82 Å². The first kappa shape index (κ1) is 15.9. The van der Waals surface area contributed by atoms with Crippen LogP contribution in [0.2, 0.25) is 5.02 Å². The largest absolute Gasteiger partial charge is 0.216 e. The smallest absolute Gasteiger partial charge is 0.212 e. The van der Waals surface area contributed by atoms with Crippen LogP contribution in [0.5, 0.6) is 0 Å². The predicted octanol–water partition coefficient (Wildman–Crippen LogP) is 3.66. The predicted molar refractivity (Wildman–Crippen MR) is 82.0 cm³/mol. The number of nitrogens with one attached hydrogen (secondary N) is 1. The molecule has 0 radical (unpaired) electrons. The topological polar surface area (TPSA) is 46.2 Å². The van der Waals surface area contributed by atoms with Gasteiger partial charge in [0.1, 0.15) is 5.82 Å². The molecule has 1 atom stereocenters. The summed E-state index contributed by atoms with van der Waals surface area (Å²) in [5, 5.41) is 0.559. The van der Waals surface area contributed by atoms with Gasteiger partial charge in [-0.05, 0) is 42.3 Å². The molecule has 1 N–H and O–H groups in total. The molecule has 0 saturated heterocycles. The third kappa shape index (κ3) is 4.81. The standard InChI is InChI=1S/C15H15ClFNO2S/c1-11(13-4-8-15(17)9-5-13)18-21(19,20)10-12-2-6-14(16)7-3-12/h2-9,11,18H,10H2,1H3/t11-/m0/s1. The molecule has 3 nitrogen and oxygen atoms in total. The zero-order chi connectivity index (χ0) is 15.5. The van der Waals surface area contributed by atoms with Crippen LogP contribution in [0.4, 0.5) is 4.39 Å². The summed E-state index contributed by atoms with van der Waals surface area (Å²) in [6, 6.07) is 11.9. The second-order valence-electron chi connectivity index (χ2n) is 4.78. The Morgan fingerprint density at radius 1 is 1.10 bits per heavy atom. The van der Waals surface area contributed by atoms with E-state index in [1.54, 1.807) is 43.3 Å². The van der Waals surface area contributed by atoms with E-state index in [9.17, 15) is 12.8 Å². The molecule has 0 aliphatic heterocycles. The fourth-order valence-corrected chi connectivity index (χ4v) is 3.45. The highest BCUT2D eigenvalue weighted by Gasteiger charge is 2.16. The highest BCUT2D eigenvalue weighted by molar-refractivity contribution is 7.88. The number of halogens is 2. The van der Waals surface area contributed by atoms with Crippen LogP contribution >= 0.6 is 11.6 Å². The summed E-state index contributed by atoms with van der Waals surface area (Å²) in [6.07, 6.45) is 0. The summed E-state index contributed by atoms with van der Waals surface area (Å²) in [5.74, 6) is -0.481. The average Bonchev–Trinajstić information content (AvgIpc) is 2.41. The first-order chi connectivity index (χ1) is 9.85. The maximum atomic E-state index is 12.9. The molecule has 21 heavy (non-hydrogen) atoms. The van der Waals surface area contributed by atoms with E-state index in [1.807, 2.05) is 0 Å². The van der Waals surface area contributed by atoms with Crippen LogP contribution in [0.3, 0.4) is 0 Å². The number of benzene rings is 2. The summed E-state index contributed by atoms with van der Waals surface area (Å²) in [4.78, 5) is 0. The third-order valence-electron chi connectivity index (χ3n) is 3.00. The van der Waals surface area contributed by atoms with E-state index in [1.165, 1.54) is 12.1 Å². The van der Waals surface area contributed by atoms with E-state index in [4.69, 9.17) is 11.6 Å². The molecular formula is C15H15ClFNO2S. The van der Waals surface area contributed by atoms with E-state index in [-0.39, 0.29) is 11.6 Å². The molecule has 2 rings (SSSR count). The summed E-state index contributed by atoms with van der Waals surface area (Å²) in [6.45, 7) is 1.71. The van der Waals surface area contributed by atoms with Gasteiger partial charge in [0.2, 0.25) is 10.0 Å². The molecule has 0 spiro atoms. The van der Waals surface area contributed by atoms with Gasteiger partial charge in [-0.3, -0.25) is 0 Å². The molecular weight excluding hydrogens is 313 g/mol.